The van der Waals surface area contributed by atoms with Crippen molar-refractivity contribution in [2.24, 2.45) is 4.99 Å². The number of rotatable bonds is 7. The Morgan fingerprint density at radius 3 is 2.72 bits per heavy atom. The van der Waals surface area contributed by atoms with Crippen LogP contribution in [0.2, 0.25) is 0 Å². The van der Waals surface area contributed by atoms with Crippen LogP contribution in [-0.4, -0.2) is 69.2 Å². The average molecular weight is 529 g/mol. The SMILES string of the molecule is CN=C(NCC(c1cccc(C)c1)N1CCOCC1)N(C)CCc1cccs1.I. The first kappa shape index (κ1) is 24.1. The number of nitrogens with one attached hydrogen (secondary N) is 1. The van der Waals surface area contributed by atoms with Crippen LogP contribution >= 0.6 is 35.3 Å². The van der Waals surface area contributed by atoms with E-state index in [2.05, 4.69) is 75.9 Å². The molecule has 3 rings (SSSR count). The topological polar surface area (TPSA) is 40.1 Å². The van der Waals surface area contributed by atoms with Gasteiger partial charge in [0.2, 0.25) is 0 Å². The van der Waals surface area contributed by atoms with E-state index < -0.39 is 0 Å². The molecule has 0 saturated carbocycles. The number of ether oxygens (including phenoxy) is 1. The second-order valence-corrected chi connectivity index (χ2v) is 8.29. The van der Waals surface area contributed by atoms with Gasteiger partial charge in [-0.1, -0.05) is 35.9 Å². The first-order chi connectivity index (χ1) is 13.7. The molecule has 1 fully saturated rings. The van der Waals surface area contributed by atoms with Crippen molar-refractivity contribution in [1.82, 2.24) is 15.1 Å². The Morgan fingerprint density at radius 2 is 2.07 bits per heavy atom. The molecule has 2 heterocycles. The van der Waals surface area contributed by atoms with Gasteiger partial charge in [-0.05, 0) is 30.4 Å². The number of hydrogen-bond donors (Lipinski definition) is 1. The van der Waals surface area contributed by atoms with Gasteiger partial charge >= 0.3 is 0 Å². The minimum atomic E-state index is 0. The zero-order valence-corrected chi connectivity index (χ0v) is 20.8. The van der Waals surface area contributed by atoms with Crippen LogP contribution in [0.1, 0.15) is 22.0 Å². The van der Waals surface area contributed by atoms with E-state index in [1.807, 2.05) is 18.4 Å². The van der Waals surface area contributed by atoms with Gasteiger partial charge in [0.05, 0.1) is 19.3 Å². The Balaban J connectivity index is 0.00000300. The molecule has 160 valence electrons. The van der Waals surface area contributed by atoms with Crippen molar-refractivity contribution in [1.29, 1.82) is 0 Å². The zero-order valence-electron chi connectivity index (χ0n) is 17.6. The van der Waals surface area contributed by atoms with Gasteiger partial charge < -0.3 is 15.0 Å². The van der Waals surface area contributed by atoms with E-state index in [-0.39, 0.29) is 24.0 Å². The molecular formula is C22H33IN4OS. The van der Waals surface area contributed by atoms with Crippen molar-refractivity contribution < 1.29 is 4.74 Å². The number of thiophene rings is 1. The van der Waals surface area contributed by atoms with Crippen LogP contribution in [0.4, 0.5) is 0 Å². The summed E-state index contributed by atoms with van der Waals surface area (Å²) in [6.07, 6.45) is 1.04. The number of guanidine groups is 1. The van der Waals surface area contributed by atoms with Crippen molar-refractivity contribution in [3.63, 3.8) is 0 Å². The molecule has 5 nitrogen and oxygen atoms in total. The lowest BCUT2D eigenvalue weighted by molar-refractivity contribution is 0.0169. The summed E-state index contributed by atoms with van der Waals surface area (Å²) in [5, 5.41) is 5.75. The van der Waals surface area contributed by atoms with E-state index in [0.29, 0.717) is 6.04 Å². The highest BCUT2D eigenvalue weighted by Gasteiger charge is 2.23. The summed E-state index contributed by atoms with van der Waals surface area (Å²) in [7, 11) is 3.97. The lowest BCUT2D eigenvalue weighted by Crippen LogP contribution is -2.47. The predicted molar refractivity (Wildman–Crippen MR) is 134 cm³/mol. The molecule has 0 spiro atoms. The first-order valence-corrected chi connectivity index (χ1v) is 10.9. The summed E-state index contributed by atoms with van der Waals surface area (Å²) in [6.45, 7) is 7.48. The summed E-state index contributed by atoms with van der Waals surface area (Å²) in [4.78, 5) is 10.7. The quantitative estimate of drug-likeness (QED) is 0.337. The number of hydrogen-bond acceptors (Lipinski definition) is 4. The third kappa shape index (κ3) is 7.24. The fourth-order valence-corrected chi connectivity index (χ4v) is 4.33. The van der Waals surface area contributed by atoms with Gasteiger partial charge in [0.15, 0.2) is 5.96 Å². The van der Waals surface area contributed by atoms with Crippen LogP contribution in [-0.2, 0) is 11.2 Å². The van der Waals surface area contributed by atoms with E-state index in [1.54, 1.807) is 0 Å². The number of morpholine rings is 1. The van der Waals surface area contributed by atoms with Gasteiger partial charge in [0, 0.05) is 45.2 Å². The second kappa shape index (κ2) is 12.5. The third-order valence-electron chi connectivity index (χ3n) is 5.21. The average Bonchev–Trinajstić information content (AvgIpc) is 3.24. The molecule has 29 heavy (non-hydrogen) atoms. The fourth-order valence-electron chi connectivity index (χ4n) is 3.64. The number of likely N-dealkylation sites (N-methyl/N-ethyl adjacent to an activating group) is 1. The molecule has 1 unspecified atom stereocenters. The molecule has 1 aliphatic heterocycles. The van der Waals surface area contributed by atoms with Crippen LogP contribution in [0.5, 0.6) is 0 Å². The summed E-state index contributed by atoms with van der Waals surface area (Å²) in [5.41, 5.74) is 2.65. The van der Waals surface area contributed by atoms with Gasteiger partial charge in [-0.3, -0.25) is 9.89 Å². The van der Waals surface area contributed by atoms with E-state index in [9.17, 15) is 0 Å². The smallest absolute Gasteiger partial charge is 0.193 e. The van der Waals surface area contributed by atoms with Crippen LogP contribution < -0.4 is 5.32 Å². The summed E-state index contributed by atoms with van der Waals surface area (Å²) >= 11 is 1.81. The number of benzene rings is 1. The highest BCUT2D eigenvalue weighted by Crippen LogP contribution is 2.22. The Kier molecular flexibility index (Phi) is 10.4. The Labute approximate surface area is 196 Å². The largest absolute Gasteiger partial charge is 0.379 e. The minimum absolute atomic E-state index is 0. The molecule has 0 radical (unpaired) electrons. The van der Waals surface area contributed by atoms with Crippen molar-refractivity contribution in [3.8, 4) is 0 Å². The molecule has 1 atom stereocenters. The monoisotopic (exact) mass is 528 g/mol. The number of halogens is 1. The summed E-state index contributed by atoms with van der Waals surface area (Å²) in [6, 6.07) is 13.5. The Hall–Kier alpha value is -1.16. The lowest BCUT2D eigenvalue weighted by Gasteiger charge is -2.36. The summed E-state index contributed by atoms with van der Waals surface area (Å²) < 4.78 is 5.57. The van der Waals surface area contributed by atoms with Gasteiger partial charge in [-0.25, -0.2) is 0 Å². The molecule has 0 aliphatic carbocycles. The van der Waals surface area contributed by atoms with Crippen LogP contribution in [0.3, 0.4) is 0 Å². The highest BCUT2D eigenvalue weighted by atomic mass is 127. The molecule has 1 aliphatic rings. The molecule has 0 amide bonds. The third-order valence-corrected chi connectivity index (χ3v) is 6.15. The number of aliphatic imine (C=N–C) groups is 1. The van der Waals surface area contributed by atoms with E-state index in [0.717, 1.165) is 51.8 Å². The van der Waals surface area contributed by atoms with Gasteiger partial charge in [-0.15, -0.1) is 35.3 Å². The predicted octanol–water partition coefficient (Wildman–Crippen LogP) is 3.80. The lowest BCUT2D eigenvalue weighted by atomic mass is 10.0. The molecular weight excluding hydrogens is 495 g/mol. The maximum Gasteiger partial charge on any atom is 0.193 e. The molecule has 1 aromatic heterocycles. The van der Waals surface area contributed by atoms with Gasteiger partial charge in [0.25, 0.3) is 0 Å². The maximum absolute atomic E-state index is 5.57. The standard InChI is InChI=1S/C22H32N4OS.HI/c1-18-6-4-7-19(16-18)21(26-11-13-27-14-12-26)17-24-22(23-2)25(3)10-9-20-8-5-15-28-20;/h4-8,15-16,21H,9-14,17H2,1-3H3,(H,23,24);1H. The number of nitrogens with zero attached hydrogens (tertiary/aromatic N) is 3. The molecule has 0 bridgehead atoms. The molecule has 7 heteroatoms. The molecule has 1 N–H and O–H groups in total. The van der Waals surface area contributed by atoms with Crippen LogP contribution in [0, 0.1) is 6.92 Å². The Bertz CT molecular complexity index is 747. The molecule has 1 aromatic carbocycles. The van der Waals surface area contributed by atoms with Crippen molar-refractivity contribution in [2.75, 3.05) is 53.5 Å². The molecule has 1 saturated heterocycles. The van der Waals surface area contributed by atoms with Crippen molar-refractivity contribution in [2.45, 2.75) is 19.4 Å². The normalized spacial score (nSPS) is 16.2. The minimum Gasteiger partial charge on any atom is -0.379 e. The van der Waals surface area contributed by atoms with Crippen LogP contribution in [0.25, 0.3) is 0 Å². The summed E-state index contributed by atoms with van der Waals surface area (Å²) in [5.74, 6) is 0.947. The molecule has 2 aromatic rings. The Morgan fingerprint density at radius 1 is 1.28 bits per heavy atom. The zero-order chi connectivity index (χ0) is 19.8. The van der Waals surface area contributed by atoms with E-state index >= 15 is 0 Å². The van der Waals surface area contributed by atoms with E-state index in [4.69, 9.17) is 4.74 Å². The number of aryl methyl sites for hydroxylation is 1. The maximum atomic E-state index is 5.57. The first-order valence-electron chi connectivity index (χ1n) is 10.00. The highest BCUT2D eigenvalue weighted by molar-refractivity contribution is 14.0. The van der Waals surface area contributed by atoms with Crippen molar-refractivity contribution in [3.05, 3.63) is 57.8 Å². The van der Waals surface area contributed by atoms with E-state index in [1.165, 1.54) is 16.0 Å². The van der Waals surface area contributed by atoms with Crippen LogP contribution in [0.15, 0.2) is 46.8 Å². The fraction of sp³-hybridized carbons (Fsp3) is 0.500. The second-order valence-electron chi connectivity index (χ2n) is 7.26. The van der Waals surface area contributed by atoms with Gasteiger partial charge in [-0.2, -0.15) is 0 Å². The van der Waals surface area contributed by atoms with Crippen molar-refractivity contribution >= 4 is 41.3 Å². The van der Waals surface area contributed by atoms with Gasteiger partial charge in [0.1, 0.15) is 0 Å².